The van der Waals surface area contributed by atoms with E-state index in [-0.39, 0.29) is 5.91 Å². The Morgan fingerprint density at radius 3 is 2.58 bits per heavy atom. The molecule has 1 saturated heterocycles. The summed E-state index contributed by atoms with van der Waals surface area (Å²) in [4.78, 5) is 23.9. The highest BCUT2D eigenvalue weighted by atomic mass is 32.2. The van der Waals surface area contributed by atoms with E-state index in [9.17, 15) is 9.59 Å². The van der Waals surface area contributed by atoms with Gasteiger partial charge in [0, 0.05) is 6.61 Å². The Morgan fingerprint density at radius 2 is 2.04 bits per heavy atom. The summed E-state index contributed by atoms with van der Waals surface area (Å²) in [5, 5.41) is 2.59. The molecule has 1 aromatic rings. The first-order chi connectivity index (χ1) is 12.4. The molecule has 0 aromatic heterocycles. The molecule has 2 rings (SSSR count). The molecule has 138 valence electrons. The molecule has 6 nitrogen and oxygen atoms in total. The summed E-state index contributed by atoms with van der Waals surface area (Å²) in [5.74, 6) is -0.281. The molecule has 0 saturated carbocycles. The van der Waals surface area contributed by atoms with Gasteiger partial charge < -0.3 is 19.5 Å². The van der Waals surface area contributed by atoms with Crippen molar-refractivity contribution in [3.8, 4) is 5.75 Å². The molecule has 0 aliphatic carbocycles. The molecular formula is C18H19NO5S2. The van der Waals surface area contributed by atoms with Crippen molar-refractivity contribution in [1.29, 1.82) is 0 Å². The fourth-order valence-electron chi connectivity index (χ4n) is 2.05. The number of thioether (sulfide) groups is 1. The topological polar surface area (TPSA) is 73.9 Å². The summed E-state index contributed by atoms with van der Waals surface area (Å²) in [7, 11) is 1.28. The molecule has 0 spiro atoms. The molecule has 0 radical (unpaired) electrons. The normalized spacial score (nSPS) is 17.2. The zero-order chi connectivity index (χ0) is 19.1. The Labute approximate surface area is 161 Å². The number of amides is 1. The number of ether oxygens (including phenoxy) is 3. The molecule has 1 N–H and O–H groups in total. The first-order valence-electron chi connectivity index (χ1n) is 7.83. The van der Waals surface area contributed by atoms with Crippen LogP contribution in [0.25, 0.3) is 6.08 Å². The molecule has 1 heterocycles. The summed E-state index contributed by atoms with van der Waals surface area (Å²) in [6.07, 6.45) is 2.63. The average molecular weight is 393 g/mol. The number of carbonyl (C=O) groups is 2. The first kappa shape index (κ1) is 20.2. The van der Waals surface area contributed by atoms with Gasteiger partial charge in [0.05, 0.1) is 12.0 Å². The smallest absolute Gasteiger partial charge is 0.376 e. The van der Waals surface area contributed by atoms with Gasteiger partial charge in [-0.3, -0.25) is 4.79 Å². The number of esters is 1. The van der Waals surface area contributed by atoms with Gasteiger partial charge in [-0.1, -0.05) is 48.3 Å². The third kappa shape index (κ3) is 5.42. The quantitative estimate of drug-likeness (QED) is 0.330. The van der Waals surface area contributed by atoms with Crippen LogP contribution in [0.15, 0.2) is 40.8 Å². The molecule has 1 aromatic carbocycles. The molecule has 1 aliphatic rings. The number of benzene rings is 1. The van der Waals surface area contributed by atoms with Crippen molar-refractivity contribution < 1.29 is 23.8 Å². The number of hydrogen-bond donors (Lipinski definition) is 1. The zero-order valence-electron chi connectivity index (χ0n) is 14.6. The third-order valence-corrected chi connectivity index (χ3v) is 4.69. The molecular weight excluding hydrogens is 374 g/mol. The minimum atomic E-state index is -1.10. The van der Waals surface area contributed by atoms with E-state index in [1.54, 1.807) is 19.1 Å². The predicted molar refractivity (Wildman–Crippen MR) is 105 cm³/mol. The number of thiocarbonyl (C=S) groups is 1. The number of nitrogens with one attached hydrogen (secondary N) is 1. The lowest BCUT2D eigenvalue weighted by Gasteiger charge is -2.16. The summed E-state index contributed by atoms with van der Waals surface area (Å²) < 4.78 is 15.8. The standard InChI is InChI=1S/C18H19NO5S2/c1-4-23-17(16(21)22-3)24-13-9-7-12(8-10-13)6-5-11(2)14-15(20)19-18(25)26-14/h5-10,17H,4H2,1-3H3,(H,19,20,25). The molecule has 1 amide bonds. The number of hydrogen-bond acceptors (Lipinski definition) is 7. The highest BCUT2D eigenvalue weighted by molar-refractivity contribution is 8.26. The van der Waals surface area contributed by atoms with Crippen LogP contribution in [-0.4, -0.2) is 36.2 Å². The molecule has 1 fully saturated rings. The van der Waals surface area contributed by atoms with Crippen LogP contribution in [0.2, 0.25) is 0 Å². The minimum absolute atomic E-state index is 0.171. The summed E-state index contributed by atoms with van der Waals surface area (Å²) in [5.41, 5.74) is 1.74. The van der Waals surface area contributed by atoms with E-state index in [2.05, 4.69) is 10.1 Å². The van der Waals surface area contributed by atoms with E-state index in [1.807, 2.05) is 31.2 Å². The zero-order valence-corrected chi connectivity index (χ0v) is 16.2. The van der Waals surface area contributed by atoms with Gasteiger partial charge in [0.2, 0.25) is 0 Å². The third-order valence-electron chi connectivity index (χ3n) is 3.34. The van der Waals surface area contributed by atoms with Gasteiger partial charge in [-0.25, -0.2) is 4.79 Å². The van der Waals surface area contributed by atoms with Crippen LogP contribution >= 0.6 is 24.0 Å². The van der Waals surface area contributed by atoms with Crippen LogP contribution in [0.1, 0.15) is 19.4 Å². The molecule has 1 unspecified atom stereocenters. The average Bonchev–Trinajstić information content (AvgIpc) is 2.98. The van der Waals surface area contributed by atoms with Gasteiger partial charge in [-0.2, -0.15) is 0 Å². The van der Waals surface area contributed by atoms with Crippen molar-refractivity contribution in [2.75, 3.05) is 13.7 Å². The highest BCUT2D eigenvalue weighted by Gasteiger charge is 2.23. The maximum absolute atomic E-state index is 11.7. The SMILES string of the molecule is CCOC(Oc1ccc(C=CC(C)=C2SC(=S)NC2=O)cc1)C(=O)OC. The Kier molecular flexibility index (Phi) is 7.38. The van der Waals surface area contributed by atoms with Crippen LogP contribution in [0, 0.1) is 0 Å². The number of carbonyl (C=O) groups excluding carboxylic acids is 2. The molecule has 8 heteroatoms. The van der Waals surface area contributed by atoms with E-state index >= 15 is 0 Å². The Hall–Kier alpha value is -2.16. The van der Waals surface area contributed by atoms with Gasteiger partial charge in [-0.15, -0.1) is 0 Å². The second-order valence-electron chi connectivity index (χ2n) is 5.19. The molecule has 26 heavy (non-hydrogen) atoms. The van der Waals surface area contributed by atoms with Crippen LogP contribution in [0.3, 0.4) is 0 Å². The van der Waals surface area contributed by atoms with Gasteiger partial charge >= 0.3 is 5.97 Å². The second kappa shape index (κ2) is 9.51. The maximum Gasteiger partial charge on any atom is 0.376 e. The van der Waals surface area contributed by atoms with Gasteiger partial charge in [-0.05, 0) is 37.1 Å². The summed E-state index contributed by atoms with van der Waals surface area (Å²) in [6, 6.07) is 7.11. The van der Waals surface area contributed by atoms with E-state index < -0.39 is 12.3 Å². The lowest BCUT2D eigenvalue weighted by molar-refractivity contribution is -0.173. The summed E-state index contributed by atoms with van der Waals surface area (Å²) in [6.45, 7) is 3.94. The van der Waals surface area contributed by atoms with Crippen molar-refractivity contribution >= 4 is 46.3 Å². The predicted octanol–water partition coefficient (Wildman–Crippen LogP) is 3.04. The molecule has 0 bridgehead atoms. The molecule has 1 aliphatic heterocycles. The Morgan fingerprint density at radius 1 is 1.35 bits per heavy atom. The lowest BCUT2D eigenvalue weighted by Crippen LogP contribution is -2.31. The largest absolute Gasteiger partial charge is 0.464 e. The van der Waals surface area contributed by atoms with E-state index in [4.69, 9.17) is 21.7 Å². The molecule has 1 atom stereocenters. The van der Waals surface area contributed by atoms with Crippen LogP contribution in [0.4, 0.5) is 0 Å². The van der Waals surface area contributed by atoms with Crippen molar-refractivity contribution in [1.82, 2.24) is 5.32 Å². The maximum atomic E-state index is 11.7. The van der Waals surface area contributed by atoms with Crippen LogP contribution in [0.5, 0.6) is 5.75 Å². The fraction of sp³-hybridized carbons (Fsp3) is 0.278. The van der Waals surface area contributed by atoms with E-state index in [0.29, 0.717) is 21.6 Å². The van der Waals surface area contributed by atoms with Crippen molar-refractivity contribution in [3.05, 3.63) is 46.4 Å². The first-order valence-corrected chi connectivity index (χ1v) is 9.05. The second-order valence-corrected chi connectivity index (χ2v) is 6.87. The lowest BCUT2D eigenvalue weighted by atomic mass is 10.1. The van der Waals surface area contributed by atoms with Crippen molar-refractivity contribution in [2.45, 2.75) is 20.1 Å². The highest BCUT2D eigenvalue weighted by Crippen LogP contribution is 2.27. The van der Waals surface area contributed by atoms with Gasteiger partial charge in [0.1, 0.15) is 10.1 Å². The Bertz CT molecular complexity index is 755. The number of rotatable bonds is 7. The Balaban J connectivity index is 2.05. The van der Waals surface area contributed by atoms with Crippen molar-refractivity contribution in [2.24, 2.45) is 0 Å². The van der Waals surface area contributed by atoms with E-state index in [1.165, 1.54) is 18.9 Å². The van der Waals surface area contributed by atoms with Crippen LogP contribution < -0.4 is 10.1 Å². The monoisotopic (exact) mass is 393 g/mol. The fourth-order valence-corrected chi connectivity index (χ4v) is 3.09. The summed E-state index contributed by atoms with van der Waals surface area (Å²) >= 11 is 6.24. The van der Waals surface area contributed by atoms with Gasteiger partial charge in [0.25, 0.3) is 12.2 Å². The van der Waals surface area contributed by atoms with Crippen molar-refractivity contribution in [3.63, 3.8) is 0 Å². The number of allylic oxidation sites excluding steroid dienone is 2. The number of methoxy groups -OCH3 is 1. The minimum Gasteiger partial charge on any atom is -0.464 e. The van der Waals surface area contributed by atoms with E-state index in [0.717, 1.165) is 11.1 Å². The van der Waals surface area contributed by atoms with Gasteiger partial charge in [0.15, 0.2) is 0 Å². The van der Waals surface area contributed by atoms with Crippen LogP contribution in [-0.2, 0) is 19.1 Å².